The van der Waals surface area contributed by atoms with Crippen molar-refractivity contribution in [3.05, 3.63) is 29.0 Å². The van der Waals surface area contributed by atoms with Crippen LogP contribution in [0, 0.1) is 0 Å². The number of rotatable bonds is 6. The molecule has 1 aliphatic rings. The fourth-order valence-corrected chi connectivity index (χ4v) is 3.14. The molecule has 0 atom stereocenters. The summed E-state index contributed by atoms with van der Waals surface area (Å²) in [5.41, 5.74) is 2.06. The molecular weight excluding hydrogens is 293 g/mol. The van der Waals surface area contributed by atoms with Gasteiger partial charge in [0.1, 0.15) is 5.82 Å². The summed E-state index contributed by atoms with van der Waals surface area (Å²) in [6.07, 6.45) is 2.69. The highest BCUT2D eigenvalue weighted by molar-refractivity contribution is 6.31. The Morgan fingerprint density at radius 2 is 2.20 bits per heavy atom. The summed E-state index contributed by atoms with van der Waals surface area (Å²) >= 11 is 12.1. The van der Waals surface area contributed by atoms with E-state index in [2.05, 4.69) is 21.4 Å². The highest BCUT2D eigenvalue weighted by atomic mass is 35.5. The zero-order valence-electron chi connectivity index (χ0n) is 11.6. The van der Waals surface area contributed by atoms with Crippen LogP contribution in [0.2, 0.25) is 5.02 Å². The number of likely N-dealkylation sites (N-methyl/N-ethyl adjacent to an activating group) is 1. The molecule has 1 aromatic heterocycles. The number of imidazole rings is 1. The second-order valence-electron chi connectivity index (χ2n) is 5.31. The zero-order chi connectivity index (χ0) is 14.1. The van der Waals surface area contributed by atoms with E-state index in [1.54, 1.807) is 0 Å². The van der Waals surface area contributed by atoms with E-state index in [4.69, 9.17) is 23.2 Å². The summed E-state index contributed by atoms with van der Waals surface area (Å²) in [7, 11) is 0. The third kappa shape index (κ3) is 2.80. The van der Waals surface area contributed by atoms with Crippen LogP contribution in [0.15, 0.2) is 18.2 Å². The molecule has 1 heterocycles. The highest BCUT2D eigenvalue weighted by Crippen LogP contribution is 2.27. The molecule has 20 heavy (non-hydrogen) atoms. The van der Waals surface area contributed by atoms with Crippen LogP contribution >= 0.6 is 23.2 Å². The Hall–Kier alpha value is -0.770. The Morgan fingerprint density at radius 3 is 2.85 bits per heavy atom. The Balaban J connectivity index is 1.85. The van der Waals surface area contributed by atoms with E-state index in [-0.39, 0.29) is 0 Å². The van der Waals surface area contributed by atoms with Crippen LogP contribution in [0.3, 0.4) is 0 Å². The lowest BCUT2D eigenvalue weighted by Crippen LogP contribution is -2.29. The minimum absolute atomic E-state index is 0.432. The first-order valence-corrected chi connectivity index (χ1v) is 8.09. The predicted octanol–water partition coefficient (Wildman–Crippen LogP) is 3.91. The molecule has 0 aliphatic heterocycles. The van der Waals surface area contributed by atoms with Crippen molar-refractivity contribution in [1.82, 2.24) is 14.5 Å². The van der Waals surface area contributed by atoms with Crippen molar-refractivity contribution in [3.8, 4) is 0 Å². The van der Waals surface area contributed by atoms with Gasteiger partial charge in [-0.3, -0.25) is 4.90 Å². The smallest absolute Gasteiger partial charge is 0.124 e. The van der Waals surface area contributed by atoms with Crippen LogP contribution in [-0.2, 0) is 12.4 Å². The molecule has 1 fully saturated rings. The van der Waals surface area contributed by atoms with E-state index in [1.165, 1.54) is 12.8 Å². The monoisotopic (exact) mass is 311 g/mol. The van der Waals surface area contributed by atoms with Crippen molar-refractivity contribution in [2.75, 3.05) is 13.1 Å². The maximum Gasteiger partial charge on any atom is 0.124 e. The van der Waals surface area contributed by atoms with Crippen LogP contribution in [0.1, 0.15) is 25.6 Å². The van der Waals surface area contributed by atoms with Gasteiger partial charge in [-0.15, -0.1) is 11.6 Å². The fraction of sp³-hybridized carbons (Fsp3) is 0.533. The number of hydrogen-bond donors (Lipinski definition) is 0. The number of halogens is 2. The van der Waals surface area contributed by atoms with E-state index in [0.29, 0.717) is 5.88 Å². The molecule has 0 saturated heterocycles. The first kappa shape index (κ1) is 14.2. The van der Waals surface area contributed by atoms with Crippen molar-refractivity contribution >= 4 is 34.2 Å². The molecule has 0 spiro atoms. The van der Waals surface area contributed by atoms with E-state index < -0.39 is 0 Å². The molecular formula is C15H19Cl2N3. The molecule has 0 amide bonds. The average molecular weight is 312 g/mol. The third-order valence-electron chi connectivity index (χ3n) is 3.99. The summed E-state index contributed by atoms with van der Waals surface area (Å²) in [6, 6.07) is 6.65. The molecule has 1 aliphatic carbocycles. The number of benzene rings is 1. The molecule has 0 bridgehead atoms. The standard InChI is InChI=1S/C15H19Cl2N3/c1-2-19(12-4-5-12)7-8-20-14-6-3-11(17)9-13(14)18-15(20)10-16/h3,6,9,12H,2,4-5,7-8,10H2,1H3. The number of fused-ring (bicyclic) bond motifs is 1. The van der Waals surface area contributed by atoms with E-state index in [9.17, 15) is 0 Å². The molecule has 3 nitrogen and oxygen atoms in total. The summed E-state index contributed by atoms with van der Waals surface area (Å²) < 4.78 is 2.23. The minimum atomic E-state index is 0.432. The number of aromatic nitrogens is 2. The Labute approximate surface area is 129 Å². The molecule has 1 aromatic carbocycles. The van der Waals surface area contributed by atoms with Crippen LogP contribution in [0.5, 0.6) is 0 Å². The maximum absolute atomic E-state index is 6.04. The van der Waals surface area contributed by atoms with Gasteiger partial charge in [0, 0.05) is 24.2 Å². The van der Waals surface area contributed by atoms with Gasteiger partial charge in [-0.25, -0.2) is 4.98 Å². The van der Waals surface area contributed by atoms with Gasteiger partial charge in [0.25, 0.3) is 0 Å². The number of hydrogen-bond acceptors (Lipinski definition) is 2. The summed E-state index contributed by atoms with van der Waals surface area (Å²) in [5, 5.41) is 0.719. The van der Waals surface area contributed by atoms with Crippen molar-refractivity contribution in [2.45, 2.75) is 38.2 Å². The summed E-state index contributed by atoms with van der Waals surface area (Å²) in [4.78, 5) is 7.13. The van der Waals surface area contributed by atoms with Crippen LogP contribution in [0.4, 0.5) is 0 Å². The first-order valence-electron chi connectivity index (χ1n) is 7.17. The quantitative estimate of drug-likeness (QED) is 0.754. The summed E-state index contributed by atoms with van der Waals surface area (Å²) in [6.45, 7) is 5.33. The molecule has 5 heteroatoms. The van der Waals surface area contributed by atoms with E-state index in [0.717, 1.165) is 47.6 Å². The molecule has 3 rings (SSSR count). The van der Waals surface area contributed by atoms with Gasteiger partial charge in [-0.2, -0.15) is 0 Å². The Bertz CT molecular complexity index is 604. The molecule has 0 unspecified atom stereocenters. The van der Waals surface area contributed by atoms with Crippen LogP contribution in [0.25, 0.3) is 11.0 Å². The SMILES string of the molecule is CCN(CCn1c(CCl)nc2cc(Cl)ccc21)C1CC1. The van der Waals surface area contributed by atoms with Gasteiger partial charge in [0.15, 0.2) is 0 Å². The van der Waals surface area contributed by atoms with Gasteiger partial charge >= 0.3 is 0 Å². The molecule has 2 aromatic rings. The lowest BCUT2D eigenvalue weighted by atomic mass is 10.3. The van der Waals surface area contributed by atoms with Gasteiger partial charge in [0.05, 0.1) is 16.9 Å². The van der Waals surface area contributed by atoms with Crippen molar-refractivity contribution in [1.29, 1.82) is 0 Å². The average Bonchev–Trinajstić information content (AvgIpc) is 3.22. The molecule has 108 valence electrons. The predicted molar refractivity (Wildman–Crippen MR) is 84.6 cm³/mol. The lowest BCUT2D eigenvalue weighted by molar-refractivity contribution is 0.266. The minimum Gasteiger partial charge on any atom is -0.326 e. The van der Waals surface area contributed by atoms with Crippen LogP contribution < -0.4 is 0 Å². The van der Waals surface area contributed by atoms with Gasteiger partial charge in [-0.05, 0) is 37.6 Å². The maximum atomic E-state index is 6.04. The van der Waals surface area contributed by atoms with Gasteiger partial charge < -0.3 is 4.57 Å². The van der Waals surface area contributed by atoms with Gasteiger partial charge in [0.2, 0.25) is 0 Å². The number of alkyl halides is 1. The van der Waals surface area contributed by atoms with E-state index in [1.807, 2.05) is 18.2 Å². The first-order chi connectivity index (χ1) is 9.72. The normalized spacial score (nSPS) is 15.4. The fourth-order valence-electron chi connectivity index (χ4n) is 2.77. The second kappa shape index (κ2) is 5.92. The topological polar surface area (TPSA) is 21.1 Å². The highest BCUT2D eigenvalue weighted by Gasteiger charge is 2.27. The third-order valence-corrected chi connectivity index (χ3v) is 4.46. The summed E-state index contributed by atoms with van der Waals surface area (Å²) in [5.74, 6) is 1.36. The Morgan fingerprint density at radius 1 is 1.40 bits per heavy atom. The zero-order valence-corrected chi connectivity index (χ0v) is 13.2. The number of nitrogens with zero attached hydrogens (tertiary/aromatic N) is 3. The van der Waals surface area contributed by atoms with E-state index >= 15 is 0 Å². The van der Waals surface area contributed by atoms with Crippen molar-refractivity contribution in [2.24, 2.45) is 0 Å². The lowest BCUT2D eigenvalue weighted by Gasteiger charge is -2.20. The largest absolute Gasteiger partial charge is 0.326 e. The van der Waals surface area contributed by atoms with Crippen molar-refractivity contribution < 1.29 is 0 Å². The van der Waals surface area contributed by atoms with Crippen LogP contribution in [-0.4, -0.2) is 33.6 Å². The molecule has 0 radical (unpaired) electrons. The molecule has 1 saturated carbocycles. The Kier molecular flexibility index (Phi) is 4.20. The van der Waals surface area contributed by atoms with Gasteiger partial charge in [-0.1, -0.05) is 18.5 Å². The van der Waals surface area contributed by atoms with Crippen molar-refractivity contribution in [3.63, 3.8) is 0 Å². The second-order valence-corrected chi connectivity index (χ2v) is 6.01. The molecule has 0 N–H and O–H groups in total.